The Bertz CT molecular complexity index is 547. The standard InChI is InChI=1S/C16H20FNS/c1-2-3-4-5-6-7-14(18)16-10-12-8-9-13(17)11-15(12)19-16/h2,8-11,14H,1,3-7,18H2. The average Bonchev–Trinajstić information content (AvgIpc) is 2.81. The summed E-state index contributed by atoms with van der Waals surface area (Å²) in [5.74, 6) is -0.182. The lowest BCUT2D eigenvalue weighted by Crippen LogP contribution is -2.07. The van der Waals surface area contributed by atoms with Crippen LogP contribution in [0.25, 0.3) is 10.1 Å². The summed E-state index contributed by atoms with van der Waals surface area (Å²) in [6, 6.07) is 7.07. The number of nitrogens with two attached hydrogens (primary N) is 1. The molecule has 0 saturated heterocycles. The van der Waals surface area contributed by atoms with Crippen LogP contribution in [0, 0.1) is 5.82 Å². The minimum absolute atomic E-state index is 0.0733. The summed E-state index contributed by atoms with van der Waals surface area (Å²) in [6.07, 6.45) is 7.55. The van der Waals surface area contributed by atoms with Crippen LogP contribution >= 0.6 is 11.3 Å². The van der Waals surface area contributed by atoms with Crippen LogP contribution < -0.4 is 5.73 Å². The van der Waals surface area contributed by atoms with Gasteiger partial charge in [0, 0.05) is 15.6 Å². The lowest BCUT2D eigenvalue weighted by atomic mass is 10.1. The third-order valence-electron chi connectivity index (χ3n) is 3.29. The van der Waals surface area contributed by atoms with Gasteiger partial charge in [-0.2, -0.15) is 0 Å². The Morgan fingerprint density at radius 1 is 1.26 bits per heavy atom. The van der Waals surface area contributed by atoms with Gasteiger partial charge >= 0.3 is 0 Å². The highest BCUT2D eigenvalue weighted by Gasteiger charge is 2.10. The van der Waals surface area contributed by atoms with Crippen molar-refractivity contribution < 1.29 is 4.39 Å². The van der Waals surface area contributed by atoms with Crippen molar-refractivity contribution in [1.29, 1.82) is 0 Å². The third kappa shape index (κ3) is 3.88. The van der Waals surface area contributed by atoms with Crippen LogP contribution in [0.5, 0.6) is 0 Å². The number of hydrogen-bond donors (Lipinski definition) is 1. The molecule has 0 amide bonds. The Hall–Kier alpha value is -1.19. The zero-order valence-corrected chi connectivity index (χ0v) is 11.9. The first-order valence-electron chi connectivity index (χ1n) is 6.76. The molecule has 0 aliphatic heterocycles. The van der Waals surface area contributed by atoms with Gasteiger partial charge in [-0.3, -0.25) is 0 Å². The molecule has 0 spiro atoms. The fourth-order valence-corrected chi connectivity index (χ4v) is 3.31. The molecule has 1 unspecified atom stereocenters. The molecule has 0 fully saturated rings. The second kappa shape index (κ2) is 6.83. The Kier molecular flexibility index (Phi) is 5.11. The van der Waals surface area contributed by atoms with Gasteiger partial charge in [0.25, 0.3) is 0 Å². The molecule has 0 bridgehead atoms. The highest BCUT2D eigenvalue weighted by molar-refractivity contribution is 7.19. The molecule has 0 radical (unpaired) electrons. The number of fused-ring (bicyclic) bond motifs is 1. The highest BCUT2D eigenvalue weighted by Crippen LogP contribution is 2.31. The van der Waals surface area contributed by atoms with E-state index >= 15 is 0 Å². The van der Waals surface area contributed by atoms with Crippen molar-refractivity contribution >= 4 is 21.4 Å². The molecule has 19 heavy (non-hydrogen) atoms. The molecule has 3 heteroatoms. The smallest absolute Gasteiger partial charge is 0.124 e. The first-order valence-corrected chi connectivity index (χ1v) is 7.58. The highest BCUT2D eigenvalue weighted by atomic mass is 32.1. The molecule has 1 heterocycles. The van der Waals surface area contributed by atoms with E-state index in [1.54, 1.807) is 17.4 Å². The van der Waals surface area contributed by atoms with E-state index in [1.165, 1.54) is 18.9 Å². The largest absolute Gasteiger partial charge is 0.323 e. The number of halogens is 1. The molecular weight excluding hydrogens is 257 g/mol. The van der Waals surface area contributed by atoms with Crippen LogP contribution in [0.4, 0.5) is 4.39 Å². The van der Waals surface area contributed by atoms with E-state index in [0.717, 1.165) is 34.2 Å². The number of hydrogen-bond acceptors (Lipinski definition) is 2. The average molecular weight is 277 g/mol. The molecule has 1 atom stereocenters. The van der Waals surface area contributed by atoms with Crippen molar-refractivity contribution in [2.24, 2.45) is 5.73 Å². The van der Waals surface area contributed by atoms with Crippen molar-refractivity contribution in [3.63, 3.8) is 0 Å². The molecule has 2 N–H and O–H groups in total. The Morgan fingerprint density at radius 3 is 2.89 bits per heavy atom. The maximum atomic E-state index is 13.1. The molecule has 1 aromatic carbocycles. The van der Waals surface area contributed by atoms with Crippen LogP contribution in [0.2, 0.25) is 0 Å². The van der Waals surface area contributed by atoms with E-state index in [0.29, 0.717) is 0 Å². The van der Waals surface area contributed by atoms with E-state index in [4.69, 9.17) is 5.73 Å². The number of unbranched alkanes of at least 4 members (excludes halogenated alkanes) is 3. The second-order valence-electron chi connectivity index (χ2n) is 4.86. The van der Waals surface area contributed by atoms with Crippen LogP contribution in [0.3, 0.4) is 0 Å². The first-order chi connectivity index (χ1) is 9.20. The number of benzene rings is 1. The minimum Gasteiger partial charge on any atom is -0.323 e. The van der Waals surface area contributed by atoms with Gasteiger partial charge in [-0.05, 0) is 42.8 Å². The zero-order chi connectivity index (χ0) is 13.7. The van der Waals surface area contributed by atoms with Gasteiger partial charge in [-0.15, -0.1) is 17.9 Å². The third-order valence-corrected chi connectivity index (χ3v) is 4.52. The maximum absolute atomic E-state index is 13.1. The van der Waals surface area contributed by atoms with Crippen LogP contribution in [0.15, 0.2) is 36.9 Å². The van der Waals surface area contributed by atoms with Crippen LogP contribution in [-0.2, 0) is 0 Å². The first kappa shape index (κ1) is 14.2. The summed E-state index contributed by atoms with van der Waals surface area (Å²) in [4.78, 5) is 1.16. The van der Waals surface area contributed by atoms with Crippen molar-refractivity contribution in [3.8, 4) is 0 Å². The maximum Gasteiger partial charge on any atom is 0.124 e. The van der Waals surface area contributed by atoms with E-state index in [2.05, 4.69) is 12.6 Å². The van der Waals surface area contributed by atoms with Gasteiger partial charge in [-0.1, -0.05) is 25.0 Å². The van der Waals surface area contributed by atoms with E-state index in [-0.39, 0.29) is 11.9 Å². The van der Waals surface area contributed by atoms with Gasteiger partial charge in [0.2, 0.25) is 0 Å². The van der Waals surface area contributed by atoms with Crippen molar-refractivity contribution in [3.05, 3.63) is 47.6 Å². The molecule has 1 nitrogen and oxygen atoms in total. The van der Waals surface area contributed by atoms with E-state index in [1.807, 2.05) is 12.1 Å². The molecule has 2 aromatic rings. The topological polar surface area (TPSA) is 26.0 Å². The van der Waals surface area contributed by atoms with Crippen molar-refractivity contribution in [1.82, 2.24) is 0 Å². The summed E-state index contributed by atoms with van der Waals surface area (Å²) in [6.45, 7) is 3.72. The SMILES string of the molecule is C=CCCCCCC(N)c1cc2ccc(F)cc2s1. The molecule has 102 valence electrons. The van der Waals surface area contributed by atoms with Gasteiger partial charge in [0.15, 0.2) is 0 Å². The van der Waals surface area contributed by atoms with Crippen molar-refractivity contribution in [2.75, 3.05) is 0 Å². The fourth-order valence-electron chi connectivity index (χ4n) is 2.18. The molecule has 0 saturated carbocycles. The number of thiophene rings is 1. The summed E-state index contributed by atoms with van der Waals surface area (Å²) in [7, 11) is 0. The van der Waals surface area contributed by atoms with Crippen LogP contribution in [-0.4, -0.2) is 0 Å². The minimum atomic E-state index is -0.182. The fraction of sp³-hybridized carbons (Fsp3) is 0.375. The molecule has 1 aromatic heterocycles. The predicted octanol–water partition coefficient (Wildman–Crippen LogP) is 5.18. The number of allylic oxidation sites excluding steroid dienone is 1. The van der Waals surface area contributed by atoms with E-state index in [9.17, 15) is 4.39 Å². The molecule has 0 aliphatic carbocycles. The van der Waals surface area contributed by atoms with Gasteiger partial charge in [0.1, 0.15) is 5.82 Å². The summed E-state index contributed by atoms with van der Waals surface area (Å²) in [5.41, 5.74) is 6.21. The summed E-state index contributed by atoms with van der Waals surface area (Å²) in [5, 5.41) is 1.09. The van der Waals surface area contributed by atoms with E-state index < -0.39 is 0 Å². The van der Waals surface area contributed by atoms with Gasteiger partial charge in [0.05, 0.1) is 0 Å². The summed E-state index contributed by atoms with van der Waals surface area (Å²) < 4.78 is 14.1. The monoisotopic (exact) mass is 277 g/mol. The van der Waals surface area contributed by atoms with Crippen molar-refractivity contribution in [2.45, 2.75) is 38.1 Å². The van der Waals surface area contributed by atoms with Gasteiger partial charge in [-0.25, -0.2) is 4.39 Å². The second-order valence-corrected chi connectivity index (χ2v) is 5.98. The molecule has 0 aliphatic rings. The normalized spacial score (nSPS) is 12.7. The van der Waals surface area contributed by atoms with Crippen LogP contribution in [0.1, 0.15) is 43.0 Å². The number of rotatable bonds is 7. The summed E-state index contributed by atoms with van der Waals surface area (Å²) >= 11 is 1.61. The predicted molar refractivity (Wildman–Crippen MR) is 82.0 cm³/mol. The molecule has 2 rings (SSSR count). The molecular formula is C16H20FNS. The Balaban J connectivity index is 1.93. The Labute approximate surface area is 117 Å². The lowest BCUT2D eigenvalue weighted by molar-refractivity contribution is 0.578. The lowest BCUT2D eigenvalue weighted by Gasteiger charge is -2.08. The Morgan fingerprint density at radius 2 is 2.11 bits per heavy atom. The quantitative estimate of drug-likeness (QED) is 0.548. The zero-order valence-electron chi connectivity index (χ0n) is 11.1. The van der Waals surface area contributed by atoms with Gasteiger partial charge < -0.3 is 5.73 Å².